The first-order chi connectivity index (χ1) is 8.33. The van der Waals surface area contributed by atoms with Gasteiger partial charge in [0.25, 0.3) is 0 Å². The maximum absolute atomic E-state index is 9.83. The number of hydrogen-bond acceptors (Lipinski definition) is 3. The third-order valence-corrected chi connectivity index (χ3v) is 2.39. The second kappa shape index (κ2) is 5.16. The summed E-state index contributed by atoms with van der Waals surface area (Å²) < 4.78 is 0. The minimum Gasteiger partial charge on any atom is -0.507 e. The maximum Gasteiger partial charge on any atom is 0.125 e. The largest absolute Gasteiger partial charge is 0.507 e. The highest BCUT2D eigenvalue weighted by molar-refractivity contribution is 6.14. The van der Waals surface area contributed by atoms with Gasteiger partial charge < -0.3 is 9.94 Å². The Balaban J connectivity index is 2.52. The SMILES string of the molecule is CON=C(c1ccccc1)c1ccccc1O. The molecule has 86 valence electrons. The Bertz CT molecular complexity index is 521. The van der Waals surface area contributed by atoms with Crippen molar-refractivity contribution in [1.82, 2.24) is 0 Å². The van der Waals surface area contributed by atoms with Gasteiger partial charge in [0.05, 0.1) is 0 Å². The first-order valence-electron chi connectivity index (χ1n) is 5.28. The number of benzene rings is 2. The van der Waals surface area contributed by atoms with E-state index in [9.17, 15) is 5.11 Å². The average Bonchev–Trinajstić information content (AvgIpc) is 2.38. The molecule has 3 nitrogen and oxygen atoms in total. The van der Waals surface area contributed by atoms with E-state index in [1.54, 1.807) is 18.2 Å². The highest BCUT2D eigenvalue weighted by atomic mass is 16.6. The summed E-state index contributed by atoms with van der Waals surface area (Å²) in [6.07, 6.45) is 0. The lowest BCUT2D eigenvalue weighted by atomic mass is 10.0. The Labute approximate surface area is 100.0 Å². The molecule has 1 N–H and O–H groups in total. The summed E-state index contributed by atoms with van der Waals surface area (Å²) in [5.41, 5.74) is 2.17. The van der Waals surface area contributed by atoms with Crippen LogP contribution in [0, 0.1) is 0 Å². The lowest BCUT2D eigenvalue weighted by molar-refractivity contribution is 0.214. The Morgan fingerprint density at radius 2 is 1.65 bits per heavy atom. The number of hydrogen-bond donors (Lipinski definition) is 1. The molecule has 0 aromatic heterocycles. The lowest BCUT2D eigenvalue weighted by Crippen LogP contribution is -2.04. The Morgan fingerprint density at radius 1 is 1.00 bits per heavy atom. The van der Waals surface area contributed by atoms with Gasteiger partial charge in [-0.1, -0.05) is 47.6 Å². The van der Waals surface area contributed by atoms with Crippen molar-refractivity contribution >= 4 is 5.71 Å². The van der Waals surface area contributed by atoms with E-state index in [0.29, 0.717) is 11.3 Å². The molecule has 0 heterocycles. The monoisotopic (exact) mass is 227 g/mol. The van der Waals surface area contributed by atoms with E-state index >= 15 is 0 Å². The average molecular weight is 227 g/mol. The van der Waals surface area contributed by atoms with Crippen LogP contribution < -0.4 is 0 Å². The number of rotatable bonds is 3. The topological polar surface area (TPSA) is 41.8 Å². The summed E-state index contributed by atoms with van der Waals surface area (Å²) in [7, 11) is 1.49. The number of aromatic hydroxyl groups is 1. The number of nitrogens with zero attached hydrogens (tertiary/aromatic N) is 1. The van der Waals surface area contributed by atoms with Crippen LogP contribution in [0.5, 0.6) is 5.75 Å². The zero-order chi connectivity index (χ0) is 12.1. The molecule has 17 heavy (non-hydrogen) atoms. The molecule has 0 bridgehead atoms. The Kier molecular flexibility index (Phi) is 3.40. The normalized spacial score (nSPS) is 11.2. The summed E-state index contributed by atoms with van der Waals surface area (Å²) in [6.45, 7) is 0. The van der Waals surface area contributed by atoms with Crippen molar-refractivity contribution in [2.45, 2.75) is 0 Å². The molecule has 3 heteroatoms. The van der Waals surface area contributed by atoms with E-state index in [1.165, 1.54) is 7.11 Å². The van der Waals surface area contributed by atoms with Gasteiger partial charge in [0.1, 0.15) is 18.6 Å². The lowest BCUT2D eigenvalue weighted by Gasteiger charge is -2.07. The molecule has 0 fully saturated rings. The number of phenols is 1. The van der Waals surface area contributed by atoms with Crippen molar-refractivity contribution in [3.63, 3.8) is 0 Å². The van der Waals surface area contributed by atoms with Gasteiger partial charge >= 0.3 is 0 Å². The summed E-state index contributed by atoms with van der Waals surface area (Å²) in [6, 6.07) is 16.7. The molecule has 0 saturated carbocycles. The first kappa shape index (κ1) is 11.2. The highest BCUT2D eigenvalue weighted by Gasteiger charge is 2.11. The van der Waals surface area contributed by atoms with Gasteiger partial charge in [0.2, 0.25) is 0 Å². The van der Waals surface area contributed by atoms with Gasteiger partial charge in [-0.15, -0.1) is 0 Å². The van der Waals surface area contributed by atoms with Crippen LogP contribution in [-0.4, -0.2) is 17.9 Å². The van der Waals surface area contributed by atoms with Gasteiger partial charge in [-0.2, -0.15) is 0 Å². The van der Waals surface area contributed by atoms with Crippen LogP contribution in [0.15, 0.2) is 59.8 Å². The predicted octanol–water partition coefficient (Wildman–Crippen LogP) is 2.79. The highest BCUT2D eigenvalue weighted by Crippen LogP contribution is 2.20. The van der Waals surface area contributed by atoms with Crippen LogP contribution >= 0.6 is 0 Å². The van der Waals surface area contributed by atoms with Crippen LogP contribution in [0.4, 0.5) is 0 Å². The Hall–Kier alpha value is -2.29. The van der Waals surface area contributed by atoms with E-state index in [1.807, 2.05) is 36.4 Å². The number of para-hydroxylation sites is 1. The van der Waals surface area contributed by atoms with Crippen molar-refractivity contribution in [2.75, 3.05) is 7.11 Å². The van der Waals surface area contributed by atoms with Crippen LogP contribution in [0.25, 0.3) is 0 Å². The number of phenolic OH excluding ortho intramolecular Hbond substituents is 1. The van der Waals surface area contributed by atoms with Crippen molar-refractivity contribution in [1.29, 1.82) is 0 Å². The van der Waals surface area contributed by atoms with Crippen molar-refractivity contribution in [3.8, 4) is 5.75 Å². The van der Waals surface area contributed by atoms with E-state index in [0.717, 1.165) is 5.56 Å². The fourth-order valence-electron chi connectivity index (χ4n) is 1.62. The van der Waals surface area contributed by atoms with Crippen LogP contribution in [0.2, 0.25) is 0 Å². The molecule has 0 aliphatic heterocycles. The van der Waals surface area contributed by atoms with Crippen LogP contribution in [0.1, 0.15) is 11.1 Å². The van der Waals surface area contributed by atoms with Gasteiger partial charge in [0.15, 0.2) is 0 Å². The molecule has 0 aliphatic carbocycles. The molecule has 2 aromatic carbocycles. The molecule has 0 atom stereocenters. The van der Waals surface area contributed by atoms with Gasteiger partial charge in [-0.05, 0) is 12.1 Å². The fourth-order valence-corrected chi connectivity index (χ4v) is 1.62. The van der Waals surface area contributed by atoms with Crippen molar-refractivity contribution in [2.24, 2.45) is 5.16 Å². The van der Waals surface area contributed by atoms with E-state index in [2.05, 4.69) is 5.16 Å². The fraction of sp³-hybridized carbons (Fsp3) is 0.0714. The number of oxime groups is 1. The molecule has 2 rings (SSSR count). The van der Waals surface area contributed by atoms with E-state index in [4.69, 9.17) is 4.84 Å². The first-order valence-corrected chi connectivity index (χ1v) is 5.28. The minimum atomic E-state index is 0.187. The molecule has 0 amide bonds. The summed E-state index contributed by atoms with van der Waals surface area (Å²) in [5, 5.41) is 13.8. The third kappa shape index (κ3) is 2.45. The molecule has 0 radical (unpaired) electrons. The predicted molar refractivity (Wildman–Crippen MR) is 67.2 cm³/mol. The summed E-state index contributed by atoms with van der Waals surface area (Å²) in [4.78, 5) is 4.84. The van der Waals surface area contributed by atoms with Gasteiger partial charge in [-0.3, -0.25) is 0 Å². The zero-order valence-electron chi connectivity index (χ0n) is 9.50. The molecule has 0 saturated heterocycles. The smallest absolute Gasteiger partial charge is 0.125 e. The summed E-state index contributed by atoms with van der Waals surface area (Å²) >= 11 is 0. The Morgan fingerprint density at radius 3 is 2.29 bits per heavy atom. The standard InChI is InChI=1S/C14H13NO2/c1-17-15-14(11-7-3-2-4-8-11)12-9-5-6-10-13(12)16/h2-10,16H,1H3. The molecule has 0 aliphatic rings. The van der Waals surface area contributed by atoms with E-state index < -0.39 is 0 Å². The van der Waals surface area contributed by atoms with Crippen LogP contribution in [0.3, 0.4) is 0 Å². The molecule has 0 unspecified atom stereocenters. The molecular formula is C14H13NO2. The zero-order valence-corrected chi connectivity index (χ0v) is 9.50. The van der Waals surface area contributed by atoms with Crippen molar-refractivity contribution < 1.29 is 9.94 Å². The third-order valence-electron chi connectivity index (χ3n) is 2.39. The maximum atomic E-state index is 9.83. The molecule has 0 spiro atoms. The summed E-state index contributed by atoms with van der Waals surface area (Å²) in [5.74, 6) is 0.187. The van der Waals surface area contributed by atoms with Gasteiger partial charge in [0, 0.05) is 11.1 Å². The second-order valence-electron chi connectivity index (χ2n) is 3.51. The van der Waals surface area contributed by atoms with Crippen molar-refractivity contribution in [3.05, 3.63) is 65.7 Å². The molecular weight excluding hydrogens is 214 g/mol. The minimum absolute atomic E-state index is 0.187. The van der Waals surface area contributed by atoms with Crippen LogP contribution in [-0.2, 0) is 4.84 Å². The van der Waals surface area contributed by atoms with E-state index in [-0.39, 0.29) is 5.75 Å². The molecule has 2 aromatic rings. The van der Waals surface area contributed by atoms with Gasteiger partial charge in [-0.25, -0.2) is 0 Å². The quantitative estimate of drug-likeness (QED) is 0.647. The second-order valence-corrected chi connectivity index (χ2v) is 3.51.